The minimum atomic E-state index is 0.475. The molecule has 0 aliphatic carbocycles. The standard InChI is InChI=1S/C11H17ClN4/c1-8-5-10(12)15-11(14-8)7-16-4-2-3-9(16)6-13/h5,9H,2-4,6-7,13H2,1H3. The van der Waals surface area contributed by atoms with Crippen molar-refractivity contribution < 1.29 is 0 Å². The molecule has 0 bridgehead atoms. The van der Waals surface area contributed by atoms with Crippen molar-refractivity contribution in [3.63, 3.8) is 0 Å². The van der Waals surface area contributed by atoms with Crippen molar-refractivity contribution >= 4 is 11.6 Å². The lowest BCUT2D eigenvalue weighted by Crippen LogP contribution is -2.35. The molecule has 2 N–H and O–H groups in total. The van der Waals surface area contributed by atoms with Crippen LogP contribution in [0.1, 0.15) is 24.4 Å². The molecule has 1 unspecified atom stereocenters. The first-order valence-corrected chi connectivity index (χ1v) is 6.01. The summed E-state index contributed by atoms with van der Waals surface area (Å²) in [5, 5.41) is 0.519. The second-order valence-corrected chi connectivity index (χ2v) is 4.64. The molecular weight excluding hydrogens is 224 g/mol. The number of aryl methyl sites for hydroxylation is 1. The van der Waals surface area contributed by atoms with Crippen LogP contribution in [0.5, 0.6) is 0 Å². The minimum absolute atomic E-state index is 0.475. The fraction of sp³-hybridized carbons (Fsp3) is 0.636. The van der Waals surface area contributed by atoms with E-state index in [0.29, 0.717) is 17.7 Å². The Balaban J connectivity index is 2.08. The second-order valence-electron chi connectivity index (χ2n) is 4.25. The smallest absolute Gasteiger partial charge is 0.144 e. The van der Waals surface area contributed by atoms with Crippen LogP contribution in [0, 0.1) is 6.92 Å². The molecule has 1 aliphatic heterocycles. The Bertz CT molecular complexity index is 349. The molecule has 1 fully saturated rings. The summed E-state index contributed by atoms with van der Waals surface area (Å²) in [5.74, 6) is 0.797. The maximum absolute atomic E-state index is 5.91. The summed E-state index contributed by atoms with van der Waals surface area (Å²) in [5.41, 5.74) is 6.64. The summed E-state index contributed by atoms with van der Waals surface area (Å²) in [6.07, 6.45) is 2.39. The molecule has 5 heteroatoms. The third kappa shape index (κ3) is 2.70. The highest BCUT2D eigenvalue weighted by molar-refractivity contribution is 6.29. The Kier molecular flexibility index (Phi) is 3.74. The van der Waals surface area contributed by atoms with Crippen molar-refractivity contribution in [3.05, 3.63) is 22.7 Å². The summed E-state index contributed by atoms with van der Waals surface area (Å²) in [7, 11) is 0. The summed E-state index contributed by atoms with van der Waals surface area (Å²) in [6, 6.07) is 2.25. The highest BCUT2D eigenvalue weighted by Crippen LogP contribution is 2.18. The van der Waals surface area contributed by atoms with E-state index < -0.39 is 0 Å². The fourth-order valence-corrected chi connectivity index (χ4v) is 2.47. The third-order valence-electron chi connectivity index (χ3n) is 2.98. The molecule has 0 amide bonds. The average Bonchev–Trinajstić information content (AvgIpc) is 2.63. The van der Waals surface area contributed by atoms with Crippen LogP contribution in [0.4, 0.5) is 0 Å². The minimum Gasteiger partial charge on any atom is -0.329 e. The number of nitrogens with two attached hydrogens (primary N) is 1. The lowest BCUT2D eigenvalue weighted by molar-refractivity contribution is 0.244. The molecule has 16 heavy (non-hydrogen) atoms. The first-order chi connectivity index (χ1) is 7.69. The van der Waals surface area contributed by atoms with Crippen LogP contribution in [-0.4, -0.2) is 34.0 Å². The van der Waals surface area contributed by atoms with Crippen LogP contribution in [-0.2, 0) is 6.54 Å². The predicted octanol–water partition coefficient (Wildman–Crippen LogP) is 1.36. The molecule has 1 aliphatic rings. The Hall–Kier alpha value is -0.710. The van der Waals surface area contributed by atoms with Gasteiger partial charge >= 0.3 is 0 Å². The topological polar surface area (TPSA) is 55.0 Å². The number of hydrogen-bond donors (Lipinski definition) is 1. The quantitative estimate of drug-likeness (QED) is 0.811. The normalized spacial score (nSPS) is 21.6. The van der Waals surface area contributed by atoms with Gasteiger partial charge in [-0.2, -0.15) is 0 Å². The molecular formula is C11H17ClN4. The van der Waals surface area contributed by atoms with Gasteiger partial charge in [0.2, 0.25) is 0 Å². The van der Waals surface area contributed by atoms with Crippen LogP contribution in [0.3, 0.4) is 0 Å². The maximum Gasteiger partial charge on any atom is 0.144 e. The zero-order chi connectivity index (χ0) is 11.5. The Morgan fingerprint density at radius 2 is 2.38 bits per heavy atom. The van der Waals surface area contributed by atoms with E-state index in [4.69, 9.17) is 17.3 Å². The zero-order valence-electron chi connectivity index (χ0n) is 9.49. The van der Waals surface area contributed by atoms with Gasteiger partial charge < -0.3 is 5.73 Å². The number of rotatable bonds is 3. The molecule has 0 spiro atoms. The van der Waals surface area contributed by atoms with Gasteiger partial charge in [-0.1, -0.05) is 11.6 Å². The molecule has 1 aromatic rings. The second kappa shape index (κ2) is 5.08. The molecule has 0 radical (unpaired) electrons. The van der Waals surface area contributed by atoms with Gasteiger partial charge in [-0.25, -0.2) is 9.97 Å². The molecule has 1 atom stereocenters. The van der Waals surface area contributed by atoms with Gasteiger partial charge in [-0.3, -0.25) is 4.90 Å². The monoisotopic (exact) mass is 240 g/mol. The van der Waals surface area contributed by atoms with E-state index in [0.717, 1.165) is 24.6 Å². The van der Waals surface area contributed by atoms with Crippen molar-refractivity contribution in [3.8, 4) is 0 Å². The third-order valence-corrected chi connectivity index (χ3v) is 3.18. The van der Waals surface area contributed by atoms with Crippen LogP contribution >= 0.6 is 11.6 Å². The average molecular weight is 241 g/mol. The Morgan fingerprint density at radius 3 is 3.06 bits per heavy atom. The van der Waals surface area contributed by atoms with Crippen molar-refractivity contribution in [2.75, 3.05) is 13.1 Å². The fourth-order valence-electron chi connectivity index (χ4n) is 2.21. The first kappa shape index (κ1) is 11.8. The zero-order valence-corrected chi connectivity index (χ0v) is 10.2. The number of hydrogen-bond acceptors (Lipinski definition) is 4. The van der Waals surface area contributed by atoms with E-state index in [-0.39, 0.29) is 0 Å². The Morgan fingerprint density at radius 1 is 1.56 bits per heavy atom. The van der Waals surface area contributed by atoms with E-state index in [2.05, 4.69) is 14.9 Å². The van der Waals surface area contributed by atoms with Gasteiger partial charge in [0.15, 0.2) is 0 Å². The lowest BCUT2D eigenvalue weighted by atomic mass is 10.2. The largest absolute Gasteiger partial charge is 0.329 e. The predicted molar refractivity (Wildman–Crippen MR) is 64.3 cm³/mol. The molecule has 0 aromatic carbocycles. The molecule has 88 valence electrons. The molecule has 1 aromatic heterocycles. The van der Waals surface area contributed by atoms with Crippen molar-refractivity contribution in [1.82, 2.24) is 14.9 Å². The molecule has 4 nitrogen and oxygen atoms in total. The number of aromatic nitrogens is 2. The van der Waals surface area contributed by atoms with Crippen molar-refractivity contribution in [1.29, 1.82) is 0 Å². The van der Waals surface area contributed by atoms with E-state index in [1.54, 1.807) is 6.07 Å². The van der Waals surface area contributed by atoms with Gasteiger partial charge in [0, 0.05) is 18.3 Å². The van der Waals surface area contributed by atoms with Gasteiger partial charge in [-0.05, 0) is 32.4 Å². The van der Waals surface area contributed by atoms with Crippen LogP contribution in [0.15, 0.2) is 6.07 Å². The van der Waals surface area contributed by atoms with Crippen molar-refractivity contribution in [2.24, 2.45) is 5.73 Å². The summed E-state index contributed by atoms with van der Waals surface area (Å²) in [4.78, 5) is 11.0. The molecule has 2 heterocycles. The van der Waals surface area contributed by atoms with Crippen LogP contribution in [0.25, 0.3) is 0 Å². The SMILES string of the molecule is Cc1cc(Cl)nc(CN2CCCC2CN)n1. The highest BCUT2D eigenvalue weighted by Gasteiger charge is 2.23. The van der Waals surface area contributed by atoms with E-state index in [9.17, 15) is 0 Å². The van der Waals surface area contributed by atoms with E-state index in [1.165, 1.54) is 12.8 Å². The summed E-state index contributed by atoms with van der Waals surface area (Å²) in [6.45, 7) is 4.47. The molecule has 1 saturated heterocycles. The van der Waals surface area contributed by atoms with Gasteiger partial charge in [0.05, 0.1) is 6.54 Å². The Labute approximate surface area is 101 Å². The number of halogens is 1. The highest BCUT2D eigenvalue weighted by atomic mass is 35.5. The summed E-state index contributed by atoms with van der Waals surface area (Å²) >= 11 is 5.91. The van der Waals surface area contributed by atoms with Crippen molar-refractivity contribution in [2.45, 2.75) is 32.4 Å². The van der Waals surface area contributed by atoms with E-state index in [1.807, 2.05) is 6.92 Å². The van der Waals surface area contributed by atoms with Crippen LogP contribution < -0.4 is 5.73 Å². The van der Waals surface area contributed by atoms with E-state index >= 15 is 0 Å². The molecule has 0 saturated carbocycles. The summed E-state index contributed by atoms with van der Waals surface area (Å²) < 4.78 is 0. The molecule has 2 rings (SSSR count). The number of likely N-dealkylation sites (tertiary alicyclic amines) is 1. The van der Waals surface area contributed by atoms with Crippen LogP contribution in [0.2, 0.25) is 5.15 Å². The van der Waals surface area contributed by atoms with Gasteiger partial charge in [0.1, 0.15) is 11.0 Å². The van der Waals surface area contributed by atoms with Gasteiger partial charge in [-0.15, -0.1) is 0 Å². The number of nitrogens with zero attached hydrogens (tertiary/aromatic N) is 3. The van der Waals surface area contributed by atoms with Gasteiger partial charge in [0.25, 0.3) is 0 Å². The maximum atomic E-state index is 5.91. The first-order valence-electron chi connectivity index (χ1n) is 5.63. The lowest BCUT2D eigenvalue weighted by Gasteiger charge is -2.22.